The van der Waals surface area contributed by atoms with Gasteiger partial charge < -0.3 is 5.32 Å². The van der Waals surface area contributed by atoms with Gasteiger partial charge in [0, 0.05) is 16.6 Å². The Kier molecular flexibility index (Phi) is 5.51. The molecule has 0 spiro atoms. The summed E-state index contributed by atoms with van der Waals surface area (Å²) in [6, 6.07) is 5.15. The highest BCUT2D eigenvalue weighted by Gasteiger charge is 1.99. The molecule has 0 radical (unpaired) electrons. The van der Waals surface area contributed by atoms with Crippen LogP contribution in [0.2, 0.25) is 10.0 Å². The SMILES string of the molecule is C.O=CNCc1ccc(Cl)cc1Cl. The minimum atomic E-state index is 0. The first-order valence-electron chi connectivity index (χ1n) is 3.35. The lowest BCUT2D eigenvalue weighted by Gasteiger charge is -2.02. The molecule has 1 aromatic rings. The molecule has 0 heterocycles. The van der Waals surface area contributed by atoms with Crippen LogP contribution in [-0.4, -0.2) is 6.41 Å². The molecule has 1 aromatic carbocycles. The molecule has 0 aliphatic rings. The van der Waals surface area contributed by atoms with E-state index in [9.17, 15) is 4.79 Å². The third-order valence-corrected chi connectivity index (χ3v) is 1.98. The van der Waals surface area contributed by atoms with Gasteiger partial charge in [-0.3, -0.25) is 4.79 Å². The van der Waals surface area contributed by atoms with Gasteiger partial charge in [-0.15, -0.1) is 0 Å². The average molecular weight is 220 g/mol. The molecular weight excluding hydrogens is 209 g/mol. The number of hydrogen-bond donors (Lipinski definition) is 1. The first kappa shape index (κ1) is 12.3. The standard InChI is InChI=1S/C8H7Cl2NO.CH4/c9-7-2-1-6(4-11-5-12)8(10)3-7;/h1-3,5H,4H2,(H,11,12);1H4. The van der Waals surface area contributed by atoms with Gasteiger partial charge in [-0.1, -0.05) is 36.7 Å². The third-order valence-electron chi connectivity index (χ3n) is 1.39. The molecule has 1 N–H and O–H groups in total. The maximum Gasteiger partial charge on any atom is 0.207 e. The number of amides is 1. The van der Waals surface area contributed by atoms with Gasteiger partial charge in [-0.2, -0.15) is 0 Å². The summed E-state index contributed by atoms with van der Waals surface area (Å²) in [6.07, 6.45) is 0.630. The Morgan fingerprint density at radius 1 is 1.38 bits per heavy atom. The summed E-state index contributed by atoms with van der Waals surface area (Å²) in [5, 5.41) is 3.68. The highest BCUT2D eigenvalue weighted by Crippen LogP contribution is 2.20. The molecule has 0 aliphatic heterocycles. The monoisotopic (exact) mass is 219 g/mol. The van der Waals surface area contributed by atoms with Crippen molar-refractivity contribution in [1.29, 1.82) is 0 Å². The van der Waals surface area contributed by atoms with Gasteiger partial charge in [0.1, 0.15) is 0 Å². The third kappa shape index (κ3) is 3.66. The van der Waals surface area contributed by atoms with Crippen LogP contribution in [0.4, 0.5) is 0 Å². The summed E-state index contributed by atoms with van der Waals surface area (Å²) in [6.45, 7) is 0.430. The van der Waals surface area contributed by atoms with E-state index in [4.69, 9.17) is 23.2 Å². The van der Waals surface area contributed by atoms with Crippen LogP contribution < -0.4 is 5.32 Å². The van der Waals surface area contributed by atoms with Crippen molar-refractivity contribution in [3.63, 3.8) is 0 Å². The second-order valence-electron chi connectivity index (χ2n) is 2.23. The van der Waals surface area contributed by atoms with Gasteiger partial charge >= 0.3 is 0 Å². The molecule has 0 atom stereocenters. The lowest BCUT2D eigenvalue weighted by Crippen LogP contribution is -2.09. The van der Waals surface area contributed by atoms with E-state index >= 15 is 0 Å². The van der Waals surface area contributed by atoms with Gasteiger partial charge in [0.15, 0.2) is 0 Å². The van der Waals surface area contributed by atoms with Crippen LogP contribution >= 0.6 is 23.2 Å². The smallest absolute Gasteiger partial charge is 0.207 e. The summed E-state index contributed by atoms with van der Waals surface area (Å²) >= 11 is 11.5. The van der Waals surface area contributed by atoms with Crippen molar-refractivity contribution in [2.75, 3.05) is 0 Å². The van der Waals surface area contributed by atoms with E-state index in [1.54, 1.807) is 18.2 Å². The Labute approximate surface area is 87.8 Å². The maximum atomic E-state index is 9.98. The summed E-state index contributed by atoms with van der Waals surface area (Å²) in [7, 11) is 0. The lowest BCUT2D eigenvalue weighted by atomic mass is 10.2. The second-order valence-corrected chi connectivity index (χ2v) is 3.08. The van der Waals surface area contributed by atoms with Crippen LogP contribution in [0.15, 0.2) is 18.2 Å². The zero-order valence-corrected chi connectivity index (χ0v) is 7.69. The summed E-state index contributed by atoms with van der Waals surface area (Å²) in [5.74, 6) is 0. The van der Waals surface area contributed by atoms with E-state index in [0.29, 0.717) is 23.0 Å². The van der Waals surface area contributed by atoms with Crippen LogP contribution in [-0.2, 0) is 11.3 Å². The van der Waals surface area contributed by atoms with E-state index in [1.165, 1.54) is 0 Å². The molecule has 13 heavy (non-hydrogen) atoms. The van der Waals surface area contributed by atoms with Crippen molar-refractivity contribution in [3.05, 3.63) is 33.8 Å². The number of halogens is 2. The van der Waals surface area contributed by atoms with Gasteiger partial charge in [0.05, 0.1) is 0 Å². The summed E-state index contributed by atoms with van der Waals surface area (Å²) in [5.41, 5.74) is 0.855. The molecule has 1 amide bonds. The quantitative estimate of drug-likeness (QED) is 0.779. The van der Waals surface area contributed by atoms with Crippen LogP contribution in [0, 0.1) is 0 Å². The van der Waals surface area contributed by atoms with Gasteiger partial charge in [-0.05, 0) is 17.7 Å². The van der Waals surface area contributed by atoms with E-state index in [1.807, 2.05) is 0 Å². The highest BCUT2D eigenvalue weighted by atomic mass is 35.5. The summed E-state index contributed by atoms with van der Waals surface area (Å²) in [4.78, 5) is 9.98. The van der Waals surface area contributed by atoms with E-state index < -0.39 is 0 Å². The molecule has 0 bridgehead atoms. The number of rotatable bonds is 3. The van der Waals surface area contributed by atoms with Crippen molar-refractivity contribution in [1.82, 2.24) is 5.32 Å². The molecule has 0 saturated carbocycles. The molecule has 4 heteroatoms. The largest absolute Gasteiger partial charge is 0.355 e. The van der Waals surface area contributed by atoms with Crippen LogP contribution in [0.25, 0.3) is 0 Å². The fraction of sp³-hybridized carbons (Fsp3) is 0.222. The summed E-state index contributed by atoms with van der Waals surface area (Å²) < 4.78 is 0. The Hall–Kier alpha value is -0.730. The normalized spacial score (nSPS) is 8.77. The van der Waals surface area contributed by atoms with E-state index in [-0.39, 0.29) is 7.43 Å². The van der Waals surface area contributed by atoms with Crippen LogP contribution in [0.5, 0.6) is 0 Å². The first-order valence-corrected chi connectivity index (χ1v) is 4.10. The van der Waals surface area contributed by atoms with E-state index in [2.05, 4.69) is 5.32 Å². The second kappa shape index (κ2) is 5.84. The van der Waals surface area contributed by atoms with Crippen LogP contribution in [0.3, 0.4) is 0 Å². The van der Waals surface area contributed by atoms with Crippen molar-refractivity contribution >= 4 is 29.6 Å². The van der Waals surface area contributed by atoms with Gasteiger partial charge in [0.2, 0.25) is 6.41 Å². The molecule has 0 saturated heterocycles. The Morgan fingerprint density at radius 3 is 2.62 bits per heavy atom. The molecule has 0 unspecified atom stereocenters. The number of carbonyl (C=O) groups excluding carboxylic acids is 1. The highest BCUT2D eigenvalue weighted by molar-refractivity contribution is 6.35. The fourth-order valence-electron chi connectivity index (χ4n) is 0.817. The molecular formula is C9H11Cl2NO. The van der Waals surface area contributed by atoms with Crippen LogP contribution in [0.1, 0.15) is 13.0 Å². The fourth-order valence-corrected chi connectivity index (χ4v) is 1.29. The zero-order chi connectivity index (χ0) is 8.97. The Bertz CT molecular complexity index is 289. The molecule has 0 aromatic heterocycles. The minimum Gasteiger partial charge on any atom is -0.355 e. The van der Waals surface area contributed by atoms with Crippen molar-refractivity contribution < 1.29 is 4.79 Å². The minimum absolute atomic E-state index is 0. The number of nitrogens with one attached hydrogen (secondary N) is 1. The van der Waals surface area contributed by atoms with E-state index in [0.717, 1.165) is 5.56 Å². The predicted octanol–water partition coefficient (Wildman–Crippen LogP) is 2.88. The zero-order valence-electron chi connectivity index (χ0n) is 6.18. The van der Waals surface area contributed by atoms with Gasteiger partial charge in [-0.25, -0.2) is 0 Å². The number of carbonyl (C=O) groups is 1. The first-order chi connectivity index (χ1) is 5.74. The maximum absolute atomic E-state index is 9.98. The predicted molar refractivity (Wildman–Crippen MR) is 56.1 cm³/mol. The molecule has 0 aliphatic carbocycles. The molecule has 2 nitrogen and oxygen atoms in total. The molecule has 72 valence electrons. The molecule has 0 fully saturated rings. The molecule has 1 rings (SSSR count). The van der Waals surface area contributed by atoms with Gasteiger partial charge in [0.25, 0.3) is 0 Å². The number of benzene rings is 1. The average Bonchev–Trinajstić information content (AvgIpc) is 2.03. The Balaban J connectivity index is 0.00000144. The van der Waals surface area contributed by atoms with Crippen molar-refractivity contribution in [2.24, 2.45) is 0 Å². The topological polar surface area (TPSA) is 29.1 Å². The number of hydrogen-bond acceptors (Lipinski definition) is 1. The van der Waals surface area contributed by atoms with Crippen molar-refractivity contribution in [2.45, 2.75) is 14.0 Å². The Morgan fingerprint density at radius 2 is 2.08 bits per heavy atom. The lowest BCUT2D eigenvalue weighted by molar-refractivity contribution is -0.109. The van der Waals surface area contributed by atoms with Crippen molar-refractivity contribution in [3.8, 4) is 0 Å².